The Hall–Kier alpha value is -0.120. The van der Waals surface area contributed by atoms with E-state index in [-0.39, 0.29) is 0 Å². The van der Waals surface area contributed by atoms with Crippen LogP contribution in [0.25, 0.3) is 0 Å². The lowest BCUT2D eigenvalue weighted by Gasteiger charge is -2.33. The molecular weight excluding hydrogens is 152 g/mol. The van der Waals surface area contributed by atoms with E-state index in [0.29, 0.717) is 0 Å². The molecule has 0 N–H and O–H groups in total. The van der Waals surface area contributed by atoms with Crippen LogP contribution in [0.4, 0.5) is 0 Å². The maximum Gasteiger partial charge on any atom is 0.0589 e. The summed E-state index contributed by atoms with van der Waals surface area (Å²) in [5.41, 5.74) is 0. The summed E-state index contributed by atoms with van der Waals surface area (Å²) in [5, 5.41) is 0. The summed E-state index contributed by atoms with van der Waals surface area (Å²) in [6.07, 6.45) is 0. The molecule has 71 valence electrons. The van der Waals surface area contributed by atoms with E-state index in [2.05, 4.69) is 23.3 Å². The van der Waals surface area contributed by atoms with Gasteiger partial charge < -0.3 is 4.74 Å². The van der Waals surface area contributed by atoms with Crippen LogP contribution in [0.3, 0.4) is 0 Å². The van der Waals surface area contributed by atoms with Crippen LogP contribution in [0, 0.1) is 6.54 Å². The van der Waals surface area contributed by atoms with E-state index in [1.807, 2.05) is 0 Å². The second-order valence-corrected chi connectivity index (χ2v) is 3.13. The number of methoxy groups -OCH3 is 1. The summed E-state index contributed by atoms with van der Waals surface area (Å²) < 4.78 is 5.03. The Bertz CT molecular complexity index is 111. The summed E-state index contributed by atoms with van der Waals surface area (Å²) >= 11 is 0. The minimum absolute atomic E-state index is 0.857. The number of nitrogens with zero attached hydrogens (tertiary/aromatic N) is 2. The molecule has 0 spiro atoms. The van der Waals surface area contributed by atoms with E-state index < -0.39 is 0 Å². The normalized spacial score (nSPS) is 21.5. The van der Waals surface area contributed by atoms with Gasteiger partial charge in [0.25, 0.3) is 0 Å². The number of ether oxygens (including phenoxy) is 1. The third-order valence-corrected chi connectivity index (χ3v) is 2.38. The Morgan fingerprint density at radius 2 is 1.92 bits per heavy atom. The lowest BCUT2D eigenvalue weighted by molar-refractivity contribution is 0.109. The van der Waals surface area contributed by atoms with Gasteiger partial charge >= 0.3 is 0 Å². The third-order valence-electron chi connectivity index (χ3n) is 2.38. The second kappa shape index (κ2) is 5.51. The first-order valence-electron chi connectivity index (χ1n) is 4.61. The molecule has 0 saturated carbocycles. The van der Waals surface area contributed by atoms with E-state index in [1.165, 1.54) is 26.2 Å². The Morgan fingerprint density at radius 1 is 1.25 bits per heavy atom. The monoisotopic (exact) mass is 171 g/mol. The van der Waals surface area contributed by atoms with Gasteiger partial charge in [-0.05, 0) is 6.92 Å². The summed E-state index contributed by atoms with van der Waals surface area (Å²) in [7, 11) is 1.76. The van der Waals surface area contributed by atoms with Crippen LogP contribution >= 0.6 is 0 Å². The molecule has 1 rings (SSSR count). The zero-order valence-electron chi connectivity index (χ0n) is 8.12. The molecule has 0 amide bonds. The van der Waals surface area contributed by atoms with Gasteiger partial charge in [-0.3, -0.25) is 9.80 Å². The van der Waals surface area contributed by atoms with Crippen molar-refractivity contribution in [1.82, 2.24) is 9.80 Å². The molecule has 3 heteroatoms. The molecule has 0 aromatic rings. The lowest BCUT2D eigenvalue weighted by atomic mass is 10.3. The van der Waals surface area contributed by atoms with Crippen LogP contribution in [0.15, 0.2) is 0 Å². The summed E-state index contributed by atoms with van der Waals surface area (Å²) in [6, 6.07) is 0. The first kappa shape index (κ1) is 9.96. The van der Waals surface area contributed by atoms with Crippen LogP contribution in [0.1, 0.15) is 6.92 Å². The molecule has 1 heterocycles. The number of rotatable bonds is 4. The smallest absolute Gasteiger partial charge is 0.0589 e. The highest BCUT2D eigenvalue weighted by Crippen LogP contribution is 2.02. The van der Waals surface area contributed by atoms with Gasteiger partial charge in [-0.15, -0.1) is 0 Å². The van der Waals surface area contributed by atoms with Gasteiger partial charge in [0.2, 0.25) is 0 Å². The van der Waals surface area contributed by atoms with E-state index in [4.69, 9.17) is 4.74 Å². The van der Waals surface area contributed by atoms with Crippen molar-refractivity contribution in [3.63, 3.8) is 0 Å². The molecule has 0 bridgehead atoms. The van der Waals surface area contributed by atoms with E-state index in [1.54, 1.807) is 7.11 Å². The van der Waals surface area contributed by atoms with Crippen molar-refractivity contribution in [1.29, 1.82) is 0 Å². The predicted molar refractivity (Wildman–Crippen MR) is 49.9 cm³/mol. The van der Waals surface area contributed by atoms with Crippen molar-refractivity contribution in [3.05, 3.63) is 6.54 Å². The van der Waals surface area contributed by atoms with Crippen LogP contribution in [-0.2, 0) is 4.74 Å². The maximum absolute atomic E-state index is 5.03. The first-order chi connectivity index (χ1) is 5.86. The highest BCUT2D eigenvalue weighted by atomic mass is 16.5. The van der Waals surface area contributed by atoms with Crippen molar-refractivity contribution in [2.75, 3.05) is 46.4 Å². The van der Waals surface area contributed by atoms with E-state index >= 15 is 0 Å². The predicted octanol–water partition coefficient (Wildman–Crippen LogP) is 0.432. The Kier molecular flexibility index (Phi) is 4.58. The van der Waals surface area contributed by atoms with Crippen LogP contribution in [0.5, 0.6) is 0 Å². The van der Waals surface area contributed by atoms with E-state index in [9.17, 15) is 0 Å². The first-order valence-corrected chi connectivity index (χ1v) is 4.61. The Balaban J connectivity index is 2.09. The number of piperazine rings is 1. The fourth-order valence-corrected chi connectivity index (χ4v) is 1.47. The van der Waals surface area contributed by atoms with Gasteiger partial charge in [-0.25, -0.2) is 0 Å². The molecule has 1 aliphatic heterocycles. The Labute approximate surface area is 75.3 Å². The number of hydrogen-bond donors (Lipinski definition) is 0. The third kappa shape index (κ3) is 3.09. The molecular formula is C9H19N2O. The van der Waals surface area contributed by atoms with Crippen molar-refractivity contribution >= 4 is 0 Å². The van der Waals surface area contributed by atoms with Crippen molar-refractivity contribution in [2.45, 2.75) is 6.92 Å². The lowest BCUT2D eigenvalue weighted by Crippen LogP contribution is -2.45. The highest BCUT2D eigenvalue weighted by molar-refractivity contribution is 4.74. The highest BCUT2D eigenvalue weighted by Gasteiger charge is 2.14. The molecule has 1 saturated heterocycles. The van der Waals surface area contributed by atoms with Crippen LogP contribution in [-0.4, -0.2) is 56.2 Å². The van der Waals surface area contributed by atoms with Gasteiger partial charge in [0.15, 0.2) is 0 Å². The van der Waals surface area contributed by atoms with Crippen molar-refractivity contribution in [2.24, 2.45) is 0 Å². The molecule has 0 aliphatic carbocycles. The standard InChI is InChI=1S/C9H19N2O/c1-3-10-4-6-11(7-5-10)8-9-12-2/h3H,4-9H2,1-2H3. The topological polar surface area (TPSA) is 15.7 Å². The van der Waals surface area contributed by atoms with Gasteiger partial charge in [0.05, 0.1) is 6.61 Å². The summed E-state index contributed by atoms with van der Waals surface area (Å²) in [4.78, 5) is 4.81. The molecule has 0 atom stereocenters. The van der Waals surface area contributed by atoms with Crippen molar-refractivity contribution in [3.8, 4) is 0 Å². The molecule has 1 aliphatic rings. The maximum atomic E-state index is 5.03. The molecule has 12 heavy (non-hydrogen) atoms. The largest absolute Gasteiger partial charge is 0.383 e. The Morgan fingerprint density at radius 3 is 2.42 bits per heavy atom. The van der Waals surface area contributed by atoms with Gasteiger partial charge in [-0.1, -0.05) is 0 Å². The average molecular weight is 171 g/mol. The number of hydrogen-bond acceptors (Lipinski definition) is 3. The average Bonchev–Trinajstić information content (AvgIpc) is 2.15. The fourth-order valence-electron chi connectivity index (χ4n) is 1.47. The second-order valence-electron chi connectivity index (χ2n) is 3.13. The molecule has 3 nitrogen and oxygen atoms in total. The zero-order chi connectivity index (χ0) is 8.81. The molecule has 0 aromatic carbocycles. The molecule has 1 radical (unpaired) electrons. The van der Waals surface area contributed by atoms with Gasteiger partial charge in [-0.2, -0.15) is 0 Å². The zero-order valence-corrected chi connectivity index (χ0v) is 8.12. The summed E-state index contributed by atoms with van der Waals surface area (Å²) in [5.74, 6) is 0. The van der Waals surface area contributed by atoms with E-state index in [0.717, 1.165) is 13.2 Å². The van der Waals surface area contributed by atoms with Crippen molar-refractivity contribution < 1.29 is 4.74 Å². The van der Waals surface area contributed by atoms with Crippen LogP contribution < -0.4 is 0 Å². The summed E-state index contributed by atoms with van der Waals surface area (Å²) in [6.45, 7) is 10.9. The van der Waals surface area contributed by atoms with Gasteiger partial charge in [0.1, 0.15) is 0 Å². The molecule has 0 unspecified atom stereocenters. The van der Waals surface area contributed by atoms with Gasteiger partial charge in [0, 0.05) is 46.4 Å². The van der Waals surface area contributed by atoms with Crippen LogP contribution in [0.2, 0.25) is 0 Å². The molecule has 1 fully saturated rings. The molecule has 0 aromatic heterocycles. The quantitative estimate of drug-likeness (QED) is 0.610. The fraction of sp³-hybridized carbons (Fsp3) is 0.889. The minimum Gasteiger partial charge on any atom is -0.383 e. The SMILES string of the molecule is C[CH]N1CCN(CCOC)CC1. The minimum atomic E-state index is 0.857.